The number of carbonyl (C=O) groups excluding carboxylic acids is 2. The number of alkyl carbamates (subject to hydrolysis) is 2. The van der Waals surface area contributed by atoms with E-state index >= 15 is 0 Å². The lowest BCUT2D eigenvalue weighted by Crippen LogP contribution is -2.48. The molecule has 2 amide bonds. The molecule has 0 radical (unpaired) electrons. The second-order valence-corrected chi connectivity index (χ2v) is 12.2. The zero-order valence-electron chi connectivity index (χ0n) is 28.1. The maximum atomic E-state index is 11.5. The van der Waals surface area contributed by atoms with Crippen molar-refractivity contribution in [3.8, 4) is 0 Å². The summed E-state index contributed by atoms with van der Waals surface area (Å²) in [6.07, 6.45) is -0.882. The van der Waals surface area contributed by atoms with Crippen LogP contribution in [0.15, 0.2) is 0 Å². The van der Waals surface area contributed by atoms with Crippen molar-refractivity contribution < 1.29 is 47.5 Å². The number of nitrogens with zero attached hydrogens (tertiary/aromatic N) is 2. The minimum absolute atomic E-state index is 0.397. The number of rotatable bonds is 24. The average molecular weight is 637 g/mol. The lowest BCUT2D eigenvalue weighted by atomic mass is 10.2. The second-order valence-electron chi connectivity index (χ2n) is 12.2. The standard InChI is InChI=1S/C30H60N4O10/c1-29(2,3)43-27(35)31-7-15-37-19-23-41-25-21-39-17-13-33-9-11-34(12-10-33)14-18-40-22-26-42-24-20-38-16-8-32-28(36)44-30(4,5)6/h7-26H2,1-6H3,(H,31,35)(H,32,36). The van der Waals surface area contributed by atoms with E-state index in [0.29, 0.717) is 92.4 Å². The topological polar surface area (TPSA) is 139 Å². The van der Waals surface area contributed by atoms with Crippen molar-refractivity contribution >= 4 is 12.2 Å². The first kappa shape index (κ1) is 40.2. The number of hydrogen-bond donors (Lipinski definition) is 2. The third-order valence-corrected chi connectivity index (χ3v) is 5.89. The Morgan fingerprint density at radius 1 is 0.477 bits per heavy atom. The van der Waals surface area contributed by atoms with Crippen molar-refractivity contribution in [3.63, 3.8) is 0 Å². The van der Waals surface area contributed by atoms with Gasteiger partial charge < -0.3 is 48.5 Å². The normalized spacial score (nSPS) is 14.9. The van der Waals surface area contributed by atoms with E-state index in [1.54, 1.807) is 0 Å². The molecule has 14 heteroatoms. The predicted octanol–water partition coefficient (Wildman–Crippen LogP) is 1.75. The molecule has 0 atom stereocenters. The van der Waals surface area contributed by atoms with Crippen LogP contribution in [0.3, 0.4) is 0 Å². The average Bonchev–Trinajstić information content (AvgIpc) is 2.93. The van der Waals surface area contributed by atoms with Crippen molar-refractivity contribution in [3.05, 3.63) is 0 Å². The van der Waals surface area contributed by atoms with E-state index in [1.807, 2.05) is 41.5 Å². The van der Waals surface area contributed by atoms with E-state index in [2.05, 4.69) is 20.4 Å². The van der Waals surface area contributed by atoms with Gasteiger partial charge in [-0.05, 0) is 41.5 Å². The van der Waals surface area contributed by atoms with Crippen molar-refractivity contribution in [1.29, 1.82) is 0 Å². The Kier molecular flexibility index (Phi) is 22.4. The Bertz CT molecular complexity index is 666. The maximum absolute atomic E-state index is 11.5. The second kappa shape index (κ2) is 24.5. The van der Waals surface area contributed by atoms with Gasteiger partial charge in [0.15, 0.2) is 0 Å². The Morgan fingerprint density at radius 2 is 0.750 bits per heavy atom. The first-order chi connectivity index (χ1) is 20.9. The molecule has 0 aliphatic carbocycles. The summed E-state index contributed by atoms with van der Waals surface area (Å²) in [5.41, 5.74) is -1.01. The molecule has 1 aliphatic heterocycles. The van der Waals surface area contributed by atoms with Crippen LogP contribution in [-0.4, -0.2) is 165 Å². The minimum atomic E-state index is -0.504. The summed E-state index contributed by atoms with van der Waals surface area (Å²) in [5.74, 6) is 0. The molecule has 0 aromatic heterocycles. The predicted molar refractivity (Wildman–Crippen MR) is 166 cm³/mol. The molecule has 0 saturated carbocycles. The van der Waals surface area contributed by atoms with Crippen LogP contribution < -0.4 is 10.6 Å². The van der Waals surface area contributed by atoms with Gasteiger partial charge in [-0.15, -0.1) is 0 Å². The highest BCUT2D eigenvalue weighted by molar-refractivity contribution is 5.67. The molecule has 1 aliphatic rings. The molecule has 2 N–H and O–H groups in total. The summed E-state index contributed by atoms with van der Waals surface area (Å²) in [6.45, 7) is 23.9. The van der Waals surface area contributed by atoms with E-state index in [9.17, 15) is 9.59 Å². The highest BCUT2D eigenvalue weighted by Crippen LogP contribution is 2.07. The molecule has 0 unspecified atom stereocenters. The number of piperazine rings is 1. The number of amides is 2. The summed E-state index contributed by atoms with van der Waals surface area (Å²) < 4.78 is 43.6. The van der Waals surface area contributed by atoms with E-state index in [4.69, 9.17) is 37.9 Å². The molecule has 0 spiro atoms. The van der Waals surface area contributed by atoms with Gasteiger partial charge in [0.05, 0.1) is 79.3 Å². The van der Waals surface area contributed by atoms with Crippen molar-refractivity contribution in [2.24, 2.45) is 0 Å². The van der Waals surface area contributed by atoms with Gasteiger partial charge in [0.1, 0.15) is 11.2 Å². The van der Waals surface area contributed by atoms with Crippen LogP contribution in [0, 0.1) is 0 Å². The maximum Gasteiger partial charge on any atom is 0.407 e. The number of hydrogen-bond acceptors (Lipinski definition) is 12. The van der Waals surface area contributed by atoms with E-state index < -0.39 is 23.4 Å². The van der Waals surface area contributed by atoms with Crippen LogP contribution >= 0.6 is 0 Å². The molecule has 14 nitrogen and oxygen atoms in total. The first-order valence-corrected chi connectivity index (χ1v) is 15.8. The highest BCUT2D eigenvalue weighted by atomic mass is 16.6. The van der Waals surface area contributed by atoms with Gasteiger partial charge in [0.25, 0.3) is 0 Å². The van der Waals surface area contributed by atoms with Gasteiger partial charge in [-0.1, -0.05) is 0 Å². The quantitative estimate of drug-likeness (QED) is 0.149. The highest BCUT2D eigenvalue weighted by Gasteiger charge is 2.17. The fraction of sp³-hybridized carbons (Fsp3) is 0.933. The molecule has 0 aromatic rings. The van der Waals surface area contributed by atoms with Crippen molar-refractivity contribution in [1.82, 2.24) is 20.4 Å². The third kappa shape index (κ3) is 26.6. The number of carbonyl (C=O) groups is 2. The molecule has 0 aromatic carbocycles. The molecular formula is C30H60N4O10. The summed E-state index contributed by atoms with van der Waals surface area (Å²) in [6, 6.07) is 0. The fourth-order valence-electron chi connectivity index (χ4n) is 3.79. The molecule has 0 bridgehead atoms. The molecule has 1 rings (SSSR count). The molecule has 1 heterocycles. The lowest BCUT2D eigenvalue weighted by Gasteiger charge is -2.34. The zero-order chi connectivity index (χ0) is 32.5. The van der Waals surface area contributed by atoms with Gasteiger partial charge in [-0.3, -0.25) is 9.80 Å². The molecular weight excluding hydrogens is 576 g/mol. The molecule has 44 heavy (non-hydrogen) atoms. The monoisotopic (exact) mass is 636 g/mol. The number of ether oxygens (including phenoxy) is 8. The summed E-state index contributed by atoms with van der Waals surface area (Å²) >= 11 is 0. The van der Waals surface area contributed by atoms with Crippen molar-refractivity contribution in [2.75, 3.05) is 132 Å². The summed E-state index contributed by atoms with van der Waals surface area (Å²) in [4.78, 5) is 27.9. The molecule has 260 valence electrons. The molecule has 1 fully saturated rings. The Labute approximate surface area is 264 Å². The van der Waals surface area contributed by atoms with Crippen LogP contribution in [0.25, 0.3) is 0 Å². The largest absolute Gasteiger partial charge is 0.444 e. The van der Waals surface area contributed by atoms with Crippen LogP contribution in [0.5, 0.6) is 0 Å². The van der Waals surface area contributed by atoms with Crippen LogP contribution in [0.1, 0.15) is 41.5 Å². The third-order valence-electron chi connectivity index (χ3n) is 5.89. The zero-order valence-corrected chi connectivity index (χ0v) is 28.1. The Morgan fingerprint density at radius 3 is 1.05 bits per heavy atom. The van der Waals surface area contributed by atoms with E-state index in [-0.39, 0.29) is 0 Å². The SMILES string of the molecule is CC(C)(C)OC(=O)NCCOCCOCCOCCN1CCN(CCOCCOCCOCCNC(=O)OC(C)(C)C)CC1. The van der Waals surface area contributed by atoms with Crippen molar-refractivity contribution in [2.45, 2.75) is 52.7 Å². The van der Waals surface area contributed by atoms with Gasteiger partial charge in [0.2, 0.25) is 0 Å². The van der Waals surface area contributed by atoms with Crippen LogP contribution in [-0.2, 0) is 37.9 Å². The first-order valence-electron chi connectivity index (χ1n) is 15.8. The number of nitrogens with one attached hydrogen (secondary N) is 2. The van der Waals surface area contributed by atoms with Gasteiger partial charge in [-0.2, -0.15) is 0 Å². The van der Waals surface area contributed by atoms with E-state index in [0.717, 1.165) is 39.3 Å². The van der Waals surface area contributed by atoms with Gasteiger partial charge >= 0.3 is 12.2 Å². The Balaban J connectivity index is 1.80. The van der Waals surface area contributed by atoms with Crippen LogP contribution in [0.4, 0.5) is 9.59 Å². The summed E-state index contributed by atoms with van der Waals surface area (Å²) in [5, 5.41) is 5.30. The fourth-order valence-corrected chi connectivity index (χ4v) is 3.79. The van der Waals surface area contributed by atoms with Gasteiger partial charge in [-0.25, -0.2) is 9.59 Å². The van der Waals surface area contributed by atoms with Crippen LogP contribution in [0.2, 0.25) is 0 Å². The van der Waals surface area contributed by atoms with E-state index in [1.165, 1.54) is 0 Å². The summed E-state index contributed by atoms with van der Waals surface area (Å²) in [7, 11) is 0. The smallest absolute Gasteiger partial charge is 0.407 e. The van der Waals surface area contributed by atoms with Gasteiger partial charge in [0, 0.05) is 52.4 Å². The minimum Gasteiger partial charge on any atom is -0.444 e. The Hall–Kier alpha value is -1.78. The molecule has 1 saturated heterocycles. The lowest BCUT2D eigenvalue weighted by molar-refractivity contribution is 0.00223.